The molecule has 1 atom stereocenters. The van der Waals surface area contributed by atoms with E-state index in [1.165, 1.54) is 6.42 Å². The van der Waals surface area contributed by atoms with Crippen molar-refractivity contribution in [3.05, 3.63) is 29.8 Å². The summed E-state index contributed by atoms with van der Waals surface area (Å²) in [6, 6.07) is 6.55. The Morgan fingerprint density at radius 1 is 1.32 bits per heavy atom. The third-order valence-electron chi connectivity index (χ3n) is 3.77. The fourth-order valence-electron chi connectivity index (χ4n) is 2.44. The van der Waals surface area contributed by atoms with Crippen LogP contribution in [0.15, 0.2) is 24.3 Å². The molecule has 1 aliphatic rings. The molecule has 4 N–H and O–H groups in total. The number of primary amides is 1. The summed E-state index contributed by atoms with van der Waals surface area (Å²) in [5, 5.41) is 6.22. The number of hydrogen-bond donors (Lipinski definition) is 3. The number of ether oxygens (including phenoxy) is 1. The predicted molar refractivity (Wildman–Crippen MR) is 83.7 cm³/mol. The first kappa shape index (κ1) is 16.3. The van der Waals surface area contributed by atoms with Gasteiger partial charge in [-0.05, 0) is 56.1 Å². The van der Waals surface area contributed by atoms with Crippen molar-refractivity contribution in [2.75, 3.05) is 26.2 Å². The molecule has 1 aliphatic heterocycles. The van der Waals surface area contributed by atoms with Crippen LogP contribution in [-0.4, -0.2) is 38.1 Å². The molecule has 0 spiro atoms. The zero-order valence-electron chi connectivity index (χ0n) is 12.6. The maximum atomic E-state index is 11.7. The fourth-order valence-corrected chi connectivity index (χ4v) is 2.44. The topological polar surface area (TPSA) is 93.5 Å². The second-order valence-corrected chi connectivity index (χ2v) is 5.48. The van der Waals surface area contributed by atoms with Gasteiger partial charge in [0.15, 0.2) is 0 Å². The first-order valence-electron chi connectivity index (χ1n) is 7.65. The number of amides is 2. The monoisotopic (exact) mass is 305 g/mol. The Kier molecular flexibility index (Phi) is 6.21. The van der Waals surface area contributed by atoms with E-state index in [0.29, 0.717) is 30.3 Å². The Morgan fingerprint density at radius 3 is 2.73 bits per heavy atom. The number of nitrogens with two attached hydrogens (primary N) is 1. The average molecular weight is 305 g/mol. The molecule has 120 valence electrons. The van der Waals surface area contributed by atoms with Crippen molar-refractivity contribution in [3.63, 3.8) is 0 Å². The van der Waals surface area contributed by atoms with E-state index in [-0.39, 0.29) is 5.91 Å². The quantitative estimate of drug-likeness (QED) is 0.658. The molecule has 0 radical (unpaired) electrons. The van der Waals surface area contributed by atoms with Crippen LogP contribution in [0.1, 0.15) is 29.6 Å². The van der Waals surface area contributed by atoms with Gasteiger partial charge in [0.25, 0.3) is 0 Å². The molecule has 22 heavy (non-hydrogen) atoms. The van der Waals surface area contributed by atoms with Gasteiger partial charge in [-0.25, -0.2) is 0 Å². The van der Waals surface area contributed by atoms with Gasteiger partial charge >= 0.3 is 0 Å². The normalized spacial score (nSPS) is 17.2. The van der Waals surface area contributed by atoms with Gasteiger partial charge < -0.3 is 21.1 Å². The molecule has 0 aromatic heterocycles. The minimum absolute atomic E-state index is 0.000266. The molecule has 0 saturated carbocycles. The summed E-state index contributed by atoms with van der Waals surface area (Å²) in [6.07, 6.45) is 2.54. The maximum absolute atomic E-state index is 11.7. The fraction of sp³-hybridized carbons (Fsp3) is 0.500. The van der Waals surface area contributed by atoms with Gasteiger partial charge in [-0.3, -0.25) is 9.59 Å². The summed E-state index contributed by atoms with van der Waals surface area (Å²) >= 11 is 0. The summed E-state index contributed by atoms with van der Waals surface area (Å²) in [4.78, 5) is 22.6. The number of rotatable bonds is 8. The second-order valence-electron chi connectivity index (χ2n) is 5.48. The minimum atomic E-state index is -0.469. The van der Waals surface area contributed by atoms with E-state index in [1.54, 1.807) is 24.3 Å². The van der Waals surface area contributed by atoms with Crippen LogP contribution in [-0.2, 0) is 4.79 Å². The second kappa shape index (κ2) is 8.38. The van der Waals surface area contributed by atoms with Crippen molar-refractivity contribution in [2.45, 2.75) is 19.3 Å². The lowest BCUT2D eigenvalue weighted by Gasteiger charge is -2.10. The highest BCUT2D eigenvalue weighted by Gasteiger charge is 2.14. The van der Waals surface area contributed by atoms with Crippen molar-refractivity contribution in [2.24, 2.45) is 11.7 Å². The molecule has 1 saturated heterocycles. The van der Waals surface area contributed by atoms with Crippen LogP contribution in [0.4, 0.5) is 0 Å². The molecule has 1 aromatic rings. The third-order valence-corrected chi connectivity index (χ3v) is 3.77. The molecular weight excluding hydrogens is 282 g/mol. The van der Waals surface area contributed by atoms with E-state index in [1.807, 2.05) is 0 Å². The summed E-state index contributed by atoms with van der Waals surface area (Å²) in [6.45, 7) is 3.17. The molecule has 1 aromatic carbocycles. The van der Waals surface area contributed by atoms with Crippen molar-refractivity contribution in [3.8, 4) is 5.75 Å². The molecule has 1 heterocycles. The first-order chi connectivity index (χ1) is 10.6. The van der Waals surface area contributed by atoms with Crippen molar-refractivity contribution < 1.29 is 14.3 Å². The standard InChI is InChI=1S/C16H23N3O3/c17-16(21)13-1-3-14(4-2-13)22-10-7-15(20)19-9-6-12-5-8-18-11-12/h1-4,12,18H,5-11H2,(H2,17,21)(H,19,20). The SMILES string of the molecule is NC(=O)c1ccc(OCCC(=O)NCCC2CCNC2)cc1. The summed E-state index contributed by atoms with van der Waals surface area (Å²) in [7, 11) is 0. The molecule has 6 heteroatoms. The van der Waals surface area contributed by atoms with E-state index >= 15 is 0 Å². The maximum Gasteiger partial charge on any atom is 0.248 e. The first-order valence-corrected chi connectivity index (χ1v) is 7.65. The lowest BCUT2D eigenvalue weighted by molar-refractivity contribution is -0.121. The highest BCUT2D eigenvalue weighted by Crippen LogP contribution is 2.12. The van der Waals surface area contributed by atoms with Gasteiger partial charge in [0.05, 0.1) is 13.0 Å². The lowest BCUT2D eigenvalue weighted by Crippen LogP contribution is -2.27. The minimum Gasteiger partial charge on any atom is -0.493 e. The molecule has 2 amide bonds. The van der Waals surface area contributed by atoms with E-state index in [9.17, 15) is 9.59 Å². The van der Waals surface area contributed by atoms with Crippen LogP contribution < -0.4 is 21.1 Å². The van der Waals surface area contributed by atoms with Gasteiger partial charge in [0.2, 0.25) is 11.8 Å². The number of hydrogen-bond acceptors (Lipinski definition) is 4. The van der Waals surface area contributed by atoms with Gasteiger partial charge in [0, 0.05) is 12.1 Å². The van der Waals surface area contributed by atoms with Crippen LogP contribution in [0.5, 0.6) is 5.75 Å². The molecule has 0 bridgehead atoms. The van der Waals surface area contributed by atoms with Crippen LogP contribution in [0.3, 0.4) is 0 Å². The summed E-state index contributed by atoms with van der Waals surface area (Å²) < 4.78 is 5.47. The highest BCUT2D eigenvalue weighted by atomic mass is 16.5. The Labute approximate surface area is 130 Å². The van der Waals surface area contributed by atoms with Gasteiger partial charge in [0.1, 0.15) is 5.75 Å². The van der Waals surface area contributed by atoms with Gasteiger partial charge in [-0.15, -0.1) is 0 Å². The van der Waals surface area contributed by atoms with Crippen LogP contribution in [0.25, 0.3) is 0 Å². The summed E-state index contributed by atoms with van der Waals surface area (Å²) in [5.41, 5.74) is 5.60. The van der Waals surface area contributed by atoms with E-state index in [0.717, 1.165) is 26.1 Å². The van der Waals surface area contributed by atoms with Crippen molar-refractivity contribution in [1.29, 1.82) is 0 Å². The summed E-state index contributed by atoms with van der Waals surface area (Å²) in [5.74, 6) is 0.832. The van der Waals surface area contributed by atoms with Crippen LogP contribution in [0.2, 0.25) is 0 Å². The molecule has 0 aliphatic carbocycles. The van der Waals surface area contributed by atoms with Gasteiger partial charge in [-0.1, -0.05) is 0 Å². The average Bonchev–Trinajstić information content (AvgIpc) is 3.01. The molecule has 2 rings (SSSR count). The van der Waals surface area contributed by atoms with Crippen LogP contribution in [0, 0.1) is 5.92 Å². The van der Waals surface area contributed by atoms with Crippen molar-refractivity contribution in [1.82, 2.24) is 10.6 Å². The Hall–Kier alpha value is -2.08. The molecular formula is C16H23N3O3. The van der Waals surface area contributed by atoms with E-state index < -0.39 is 5.91 Å². The number of benzene rings is 1. The lowest BCUT2D eigenvalue weighted by atomic mass is 10.1. The highest BCUT2D eigenvalue weighted by molar-refractivity contribution is 5.92. The Bertz CT molecular complexity index is 496. The number of carbonyl (C=O) groups excluding carboxylic acids is 2. The Balaban J connectivity index is 1.58. The third kappa shape index (κ3) is 5.37. The number of carbonyl (C=O) groups is 2. The number of nitrogens with one attached hydrogen (secondary N) is 2. The van der Waals surface area contributed by atoms with Gasteiger partial charge in [-0.2, -0.15) is 0 Å². The smallest absolute Gasteiger partial charge is 0.248 e. The predicted octanol–water partition coefficient (Wildman–Crippen LogP) is 0.670. The molecule has 1 fully saturated rings. The zero-order chi connectivity index (χ0) is 15.8. The largest absolute Gasteiger partial charge is 0.493 e. The molecule has 6 nitrogen and oxygen atoms in total. The van der Waals surface area contributed by atoms with E-state index in [2.05, 4.69) is 10.6 Å². The van der Waals surface area contributed by atoms with Crippen molar-refractivity contribution >= 4 is 11.8 Å². The zero-order valence-corrected chi connectivity index (χ0v) is 12.6. The Morgan fingerprint density at radius 2 is 2.09 bits per heavy atom. The van der Waals surface area contributed by atoms with Crippen LogP contribution >= 0.6 is 0 Å². The van der Waals surface area contributed by atoms with E-state index in [4.69, 9.17) is 10.5 Å². The molecule has 1 unspecified atom stereocenters.